The second-order valence-corrected chi connectivity index (χ2v) is 6.53. The van der Waals surface area contributed by atoms with E-state index in [1.165, 1.54) is 17.4 Å². The number of nitrogens with zero attached hydrogens (tertiary/aromatic N) is 3. The average Bonchev–Trinajstić information content (AvgIpc) is 3.09. The molecular formula is C19H25N3O4. The lowest BCUT2D eigenvalue weighted by molar-refractivity contribution is -0.140. The third-order valence-corrected chi connectivity index (χ3v) is 4.69. The van der Waals surface area contributed by atoms with Crippen LogP contribution in [0.5, 0.6) is 11.5 Å². The summed E-state index contributed by atoms with van der Waals surface area (Å²) in [7, 11) is 0. The molecule has 0 atom stereocenters. The largest absolute Gasteiger partial charge is 0.454 e. The van der Waals surface area contributed by atoms with Gasteiger partial charge in [-0.1, -0.05) is 12.1 Å². The second-order valence-electron chi connectivity index (χ2n) is 6.53. The van der Waals surface area contributed by atoms with E-state index in [1.54, 1.807) is 6.08 Å². The minimum atomic E-state index is -0.111. The van der Waals surface area contributed by atoms with Gasteiger partial charge in [-0.3, -0.25) is 14.5 Å². The van der Waals surface area contributed by atoms with Gasteiger partial charge in [-0.05, 0) is 17.7 Å². The molecule has 7 heteroatoms. The summed E-state index contributed by atoms with van der Waals surface area (Å²) in [5.41, 5.74) is 1.17. The number of ether oxygens (including phenoxy) is 2. The smallest absolute Gasteiger partial charge is 0.242 e. The molecule has 0 aliphatic carbocycles. The van der Waals surface area contributed by atoms with Gasteiger partial charge in [-0.2, -0.15) is 0 Å². The third-order valence-electron chi connectivity index (χ3n) is 4.69. The first-order valence-electron chi connectivity index (χ1n) is 8.82. The van der Waals surface area contributed by atoms with E-state index in [-0.39, 0.29) is 25.2 Å². The van der Waals surface area contributed by atoms with E-state index in [1.807, 2.05) is 23.1 Å². The highest BCUT2D eigenvalue weighted by Gasteiger charge is 2.23. The Bertz CT molecular complexity index is 683. The summed E-state index contributed by atoms with van der Waals surface area (Å²) in [6.07, 6.45) is 1.64. The molecule has 3 rings (SSSR count). The van der Waals surface area contributed by atoms with Gasteiger partial charge in [-0.15, -0.1) is 6.58 Å². The van der Waals surface area contributed by atoms with Gasteiger partial charge in [0.1, 0.15) is 6.54 Å². The predicted molar refractivity (Wildman–Crippen MR) is 96.9 cm³/mol. The van der Waals surface area contributed by atoms with E-state index in [2.05, 4.69) is 11.5 Å². The van der Waals surface area contributed by atoms with E-state index in [4.69, 9.17) is 9.47 Å². The fourth-order valence-electron chi connectivity index (χ4n) is 3.18. The maximum atomic E-state index is 12.4. The third kappa shape index (κ3) is 4.35. The van der Waals surface area contributed by atoms with Crippen LogP contribution in [0.4, 0.5) is 0 Å². The molecule has 0 radical (unpaired) electrons. The molecule has 1 fully saturated rings. The number of hydrogen-bond acceptors (Lipinski definition) is 5. The summed E-state index contributed by atoms with van der Waals surface area (Å²) in [4.78, 5) is 29.6. The molecule has 1 aromatic rings. The van der Waals surface area contributed by atoms with Crippen LogP contribution in [0.1, 0.15) is 12.5 Å². The Balaban J connectivity index is 1.48. The molecule has 7 nitrogen and oxygen atoms in total. The van der Waals surface area contributed by atoms with Crippen LogP contribution in [-0.2, 0) is 16.1 Å². The molecule has 0 spiro atoms. The maximum Gasteiger partial charge on any atom is 0.242 e. The van der Waals surface area contributed by atoms with Gasteiger partial charge in [0.2, 0.25) is 18.6 Å². The first-order valence-corrected chi connectivity index (χ1v) is 8.82. The molecule has 1 saturated heterocycles. The molecule has 1 aromatic carbocycles. The van der Waals surface area contributed by atoms with Crippen molar-refractivity contribution in [2.24, 2.45) is 0 Å². The molecule has 2 aliphatic heterocycles. The van der Waals surface area contributed by atoms with Crippen molar-refractivity contribution in [3.8, 4) is 11.5 Å². The Morgan fingerprint density at radius 2 is 1.92 bits per heavy atom. The normalized spacial score (nSPS) is 16.4. The van der Waals surface area contributed by atoms with E-state index in [9.17, 15) is 9.59 Å². The first kappa shape index (κ1) is 18.3. The summed E-state index contributed by atoms with van der Waals surface area (Å²) in [5.74, 6) is 1.46. The topological polar surface area (TPSA) is 62.3 Å². The van der Waals surface area contributed by atoms with Gasteiger partial charge in [0.25, 0.3) is 0 Å². The Kier molecular flexibility index (Phi) is 5.78. The summed E-state index contributed by atoms with van der Waals surface area (Å²) >= 11 is 0. The van der Waals surface area contributed by atoms with Crippen molar-refractivity contribution in [3.05, 3.63) is 36.4 Å². The highest BCUT2D eigenvalue weighted by molar-refractivity contribution is 5.84. The Labute approximate surface area is 153 Å². The lowest BCUT2D eigenvalue weighted by Crippen LogP contribution is -2.51. The number of carbonyl (C=O) groups excluding carboxylic acids is 2. The number of amides is 2. The fourth-order valence-corrected chi connectivity index (χ4v) is 3.18. The van der Waals surface area contributed by atoms with Crippen molar-refractivity contribution in [2.75, 3.05) is 46.1 Å². The zero-order chi connectivity index (χ0) is 18.5. The van der Waals surface area contributed by atoms with Crippen molar-refractivity contribution in [3.63, 3.8) is 0 Å². The fraction of sp³-hybridized carbons (Fsp3) is 0.474. The molecule has 0 bridgehead atoms. The van der Waals surface area contributed by atoms with Crippen molar-refractivity contribution in [2.45, 2.75) is 13.5 Å². The number of benzene rings is 1. The van der Waals surface area contributed by atoms with Crippen molar-refractivity contribution < 1.29 is 19.1 Å². The minimum Gasteiger partial charge on any atom is -0.454 e. The Hall–Kier alpha value is -2.54. The van der Waals surface area contributed by atoms with Crippen LogP contribution >= 0.6 is 0 Å². The summed E-state index contributed by atoms with van der Waals surface area (Å²) < 4.78 is 10.8. The summed E-state index contributed by atoms with van der Waals surface area (Å²) in [5, 5.41) is 0. The molecule has 0 aromatic heterocycles. The highest BCUT2D eigenvalue weighted by atomic mass is 16.7. The van der Waals surface area contributed by atoms with Crippen LogP contribution in [0.3, 0.4) is 0 Å². The zero-order valence-electron chi connectivity index (χ0n) is 15.1. The molecule has 0 N–H and O–H groups in total. The van der Waals surface area contributed by atoms with Gasteiger partial charge in [0, 0.05) is 46.2 Å². The van der Waals surface area contributed by atoms with Crippen LogP contribution in [-0.4, -0.2) is 72.6 Å². The number of fused-ring (bicyclic) bond motifs is 1. The van der Waals surface area contributed by atoms with E-state index >= 15 is 0 Å². The molecule has 0 saturated carbocycles. The Morgan fingerprint density at radius 1 is 1.19 bits per heavy atom. The maximum absolute atomic E-state index is 12.4. The molecule has 26 heavy (non-hydrogen) atoms. The number of rotatable bonds is 6. The quantitative estimate of drug-likeness (QED) is 0.712. The van der Waals surface area contributed by atoms with Gasteiger partial charge < -0.3 is 19.3 Å². The van der Waals surface area contributed by atoms with E-state index < -0.39 is 0 Å². The van der Waals surface area contributed by atoms with Crippen LogP contribution < -0.4 is 9.47 Å². The SMILES string of the molecule is C=CCN(CC(=O)N1CCN(Cc2ccc3c(c2)OCO3)CC1)C(C)=O. The molecule has 2 heterocycles. The van der Waals surface area contributed by atoms with Crippen molar-refractivity contribution in [1.29, 1.82) is 0 Å². The number of piperazine rings is 1. The van der Waals surface area contributed by atoms with Gasteiger partial charge in [0.15, 0.2) is 11.5 Å². The van der Waals surface area contributed by atoms with E-state index in [0.717, 1.165) is 31.1 Å². The second kappa shape index (κ2) is 8.23. The monoisotopic (exact) mass is 359 g/mol. The van der Waals surface area contributed by atoms with Crippen LogP contribution in [0, 0.1) is 0 Å². The minimum absolute atomic E-state index is 0.00946. The summed E-state index contributed by atoms with van der Waals surface area (Å²) in [6, 6.07) is 6.00. The van der Waals surface area contributed by atoms with Gasteiger partial charge >= 0.3 is 0 Å². The van der Waals surface area contributed by atoms with Gasteiger partial charge in [0.05, 0.1) is 0 Å². The van der Waals surface area contributed by atoms with Crippen molar-refractivity contribution in [1.82, 2.24) is 14.7 Å². The summed E-state index contributed by atoms with van der Waals surface area (Å²) in [6.45, 7) is 9.66. The van der Waals surface area contributed by atoms with Crippen LogP contribution in [0.2, 0.25) is 0 Å². The highest BCUT2D eigenvalue weighted by Crippen LogP contribution is 2.32. The zero-order valence-corrected chi connectivity index (χ0v) is 15.1. The lowest BCUT2D eigenvalue weighted by atomic mass is 10.1. The number of carbonyl (C=O) groups is 2. The first-order chi connectivity index (χ1) is 12.6. The van der Waals surface area contributed by atoms with Crippen molar-refractivity contribution >= 4 is 11.8 Å². The molecule has 0 unspecified atom stereocenters. The molecule has 140 valence electrons. The van der Waals surface area contributed by atoms with Crippen LogP contribution in [0.25, 0.3) is 0 Å². The molecule has 2 amide bonds. The average molecular weight is 359 g/mol. The van der Waals surface area contributed by atoms with Gasteiger partial charge in [-0.25, -0.2) is 0 Å². The molecule has 2 aliphatic rings. The predicted octanol–water partition coefficient (Wildman–Crippen LogP) is 1.09. The number of hydrogen-bond donors (Lipinski definition) is 0. The molecular weight excluding hydrogens is 334 g/mol. The van der Waals surface area contributed by atoms with E-state index in [0.29, 0.717) is 19.6 Å². The van der Waals surface area contributed by atoms with Crippen LogP contribution in [0.15, 0.2) is 30.9 Å². The Morgan fingerprint density at radius 3 is 2.62 bits per heavy atom. The standard InChI is InChI=1S/C19H25N3O4/c1-3-6-22(15(2)23)13-19(24)21-9-7-20(8-10-21)12-16-4-5-17-18(11-16)26-14-25-17/h3-5,11H,1,6-10,12-14H2,2H3. The lowest BCUT2D eigenvalue weighted by Gasteiger charge is -2.35.